The zero-order valence-corrected chi connectivity index (χ0v) is 9.95. The molecule has 0 aromatic heterocycles. The lowest BCUT2D eigenvalue weighted by atomic mass is 10.2. The molecule has 0 aliphatic heterocycles. The number of rotatable bonds is 4. The highest BCUT2D eigenvalue weighted by Gasteiger charge is 2.00. The summed E-state index contributed by atoms with van der Waals surface area (Å²) in [5, 5.41) is 22.2. The fourth-order valence-electron chi connectivity index (χ4n) is 1.46. The number of hydrogen-bond donors (Lipinski definition) is 3. The lowest BCUT2D eigenvalue weighted by Gasteiger charge is -2.01. The van der Waals surface area contributed by atoms with E-state index >= 15 is 0 Å². The van der Waals surface area contributed by atoms with E-state index in [1.807, 2.05) is 0 Å². The van der Waals surface area contributed by atoms with Crippen LogP contribution in [0.25, 0.3) is 0 Å². The fraction of sp³-hybridized carbons (Fsp3) is 0. The number of phenolic OH excluding ortho intramolecular Hbond substituents is 1. The number of aromatic carboxylic acids is 1. The van der Waals surface area contributed by atoms with Crippen LogP contribution in [0.5, 0.6) is 5.75 Å². The molecule has 0 amide bonds. The van der Waals surface area contributed by atoms with Crippen LogP contribution >= 0.6 is 0 Å². The van der Waals surface area contributed by atoms with E-state index in [4.69, 9.17) is 5.11 Å². The van der Waals surface area contributed by atoms with Crippen molar-refractivity contribution < 1.29 is 15.0 Å². The molecule has 2 aromatic rings. The van der Waals surface area contributed by atoms with Crippen LogP contribution in [0.15, 0.2) is 53.6 Å². The van der Waals surface area contributed by atoms with Gasteiger partial charge in [0.1, 0.15) is 5.75 Å². The molecule has 5 nitrogen and oxygen atoms in total. The number of carboxylic acids is 1. The molecule has 0 fully saturated rings. The number of benzene rings is 2. The highest BCUT2D eigenvalue weighted by Crippen LogP contribution is 2.13. The standard InChI is InChI=1S/C14H12N2O3/c17-13-4-2-1-3-11(13)9-15-16-12-7-5-10(6-8-12)14(18)19/h1-9,16-17H,(H,18,19)/b15-9-. The van der Waals surface area contributed by atoms with Crippen molar-refractivity contribution in [2.75, 3.05) is 5.43 Å². The van der Waals surface area contributed by atoms with Crippen molar-refractivity contribution in [2.45, 2.75) is 0 Å². The number of carboxylic acid groups (broad SMARTS) is 1. The van der Waals surface area contributed by atoms with Gasteiger partial charge in [0.2, 0.25) is 0 Å². The van der Waals surface area contributed by atoms with Crippen LogP contribution in [0.4, 0.5) is 5.69 Å². The average Bonchev–Trinajstić information content (AvgIpc) is 2.41. The molecule has 0 radical (unpaired) electrons. The second kappa shape index (κ2) is 5.68. The van der Waals surface area contributed by atoms with E-state index in [2.05, 4.69) is 10.5 Å². The molecule has 19 heavy (non-hydrogen) atoms. The maximum atomic E-state index is 10.7. The average molecular weight is 256 g/mol. The third-order valence-electron chi connectivity index (χ3n) is 2.47. The number of hydrogen-bond acceptors (Lipinski definition) is 4. The van der Waals surface area contributed by atoms with Crippen LogP contribution in [0.3, 0.4) is 0 Å². The number of phenols is 1. The zero-order chi connectivity index (χ0) is 13.7. The molecular weight excluding hydrogens is 244 g/mol. The fourth-order valence-corrected chi connectivity index (χ4v) is 1.46. The lowest BCUT2D eigenvalue weighted by Crippen LogP contribution is -1.96. The number of nitrogens with zero attached hydrogens (tertiary/aromatic N) is 1. The van der Waals surface area contributed by atoms with Crippen LogP contribution in [0, 0.1) is 0 Å². The Kier molecular flexibility index (Phi) is 3.78. The quantitative estimate of drug-likeness (QED) is 0.580. The van der Waals surface area contributed by atoms with E-state index in [9.17, 15) is 9.90 Å². The smallest absolute Gasteiger partial charge is 0.335 e. The van der Waals surface area contributed by atoms with Crippen molar-refractivity contribution in [3.8, 4) is 5.75 Å². The number of nitrogens with one attached hydrogen (secondary N) is 1. The Morgan fingerprint density at radius 3 is 2.42 bits per heavy atom. The van der Waals surface area contributed by atoms with E-state index in [-0.39, 0.29) is 11.3 Å². The van der Waals surface area contributed by atoms with Gasteiger partial charge < -0.3 is 10.2 Å². The molecule has 0 saturated carbocycles. The van der Waals surface area contributed by atoms with Crippen molar-refractivity contribution in [2.24, 2.45) is 5.10 Å². The predicted molar refractivity (Wildman–Crippen MR) is 72.7 cm³/mol. The van der Waals surface area contributed by atoms with Gasteiger partial charge in [-0.1, -0.05) is 12.1 Å². The highest BCUT2D eigenvalue weighted by atomic mass is 16.4. The molecule has 0 aliphatic carbocycles. The van der Waals surface area contributed by atoms with E-state index in [1.165, 1.54) is 18.3 Å². The van der Waals surface area contributed by atoms with Gasteiger partial charge in [0.25, 0.3) is 0 Å². The first kappa shape index (κ1) is 12.6. The minimum Gasteiger partial charge on any atom is -0.507 e. The van der Waals surface area contributed by atoms with Crippen LogP contribution in [-0.4, -0.2) is 22.4 Å². The number of anilines is 1. The van der Waals surface area contributed by atoms with Gasteiger partial charge in [0, 0.05) is 5.56 Å². The Labute approximate surface area is 109 Å². The van der Waals surface area contributed by atoms with Crippen LogP contribution in [0.2, 0.25) is 0 Å². The van der Waals surface area contributed by atoms with Crippen LogP contribution in [0.1, 0.15) is 15.9 Å². The van der Waals surface area contributed by atoms with E-state index in [0.29, 0.717) is 11.3 Å². The SMILES string of the molecule is O=C(O)c1ccc(N/N=C\c2ccccc2O)cc1. The van der Waals surface area contributed by atoms with Gasteiger partial charge in [-0.3, -0.25) is 5.43 Å². The summed E-state index contributed by atoms with van der Waals surface area (Å²) in [5.74, 6) is -0.821. The first-order valence-corrected chi connectivity index (χ1v) is 5.57. The number of carbonyl (C=O) groups is 1. The molecule has 0 bridgehead atoms. The summed E-state index contributed by atoms with van der Waals surface area (Å²) >= 11 is 0. The second-order valence-corrected chi connectivity index (χ2v) is 3.81. The largest absolute Gasteiger partial charge is 0.507 e. The molecule has 2 aromatic carbocycles. The third kappa shape index (κ3) is 3.32. The molecule has 0 aliphatic rings. The molecule has 2 rings (SSSR count). The molecular formula is C14H12N2O3. The molecule has 0 heterocycles. The molecule has 5 heteroatoms. The van der Waals surface area contributed by atoms with Gasteiger partial charge in [-0.2, -0.15) is 5.10 Å². The topological polar surface area (TPSA) is 81.9 Å². The molecule has 96 valence electrons. The van der Waals surface area contributed by atoms with Gasteiger partial charge in [0.15, 0.2) is 0 Å². The Bertz CT molecular complexity index is 606. The normalized spacial score (nSPS) is 10.5. The molecule has 3 N–H and O–H groups in total. The summed E-state index contributed by atoms with van der Waals surface area (Å²) < 4.78 is 0. The van der Waals surface area contributed by atoms with Crippen LogP contribution in [-0.2, 0) is 0 Å². The Morgan fingerprint density at radius 2 is 1.79 bits per heavy atom. The zero-order valence-electron chi connectivity index (χ0n) is 9.95. The van der Waals surface area contributed by atoms with Crippen molar-refractivity contribution >= 4 is 17.9 Å². The molecule has 0 saturated heterocycles. The first-order chi connectivity index (χ1) is 9.16. The molecule has 0 atom stereocenters. The van der Waals surface area contributed by atoms with Crippen molar-refractivity contribution in [1.29, 1.82) is 0 Å². The van der Waals surface area contributed by atoms with Crippen LogP contribution < -0.4 is 5.43 Å². The summed E-state index contributed by atoms with van der Waals surface area (Å²) in [4.78, 5) is 10.7. The predicted octanol–water partition coefficient (Wildman–Crippen LogP) is 2.54. The first-order valence-electron chi connectivity index (χ1n) is 5.57. The van der Waals surface area contributed by atoms with Crippen molar-refractivity contribution in [3.63, 3.8) is 0 Å². The maximum absolute atomic E-state index is 10.7. The summed E-state index contributed by atoms with van der Waals surface area (Å²) in [5.41, 5.74) is 4.23. The van der Waals surface area contributed by atoms with Gasteiger partial charge in [-0.15, -0.1) is 0 Å². The van der Waals surface area contributed by atoms with E-state index < -0.39 is 5.97 Å². The van der Waals surface area contributed by atoms with Gasteiger partial charge >= 0.3 is 5.97 Å². The van der Waals surface area contributed by atoms with Crippen molar-refractivity contribution in [1.82, 2.24) is 0 Å². The Morgan fingerprint density at radius 1 is 1.11 bits per heavy atom. The minimum absolute atomic E-state index is 0.147. The van der Waals surface area contributed by atoms with E-state index in [1.54, 1.807) is 36.4 Å². The molecule has 0 spiro atoms. The summed E-state index contributed by atoms with van der Waals surface area (Å²) in [6, 6.07) is 13.0. The minimum atomic E-state index is -0.968. The maximum Gasteiger partial charge on any atom is 0.335 e. The van der Waals surface area contributed by atoms with E-state index in [0.717, 1.165) is 0 Å². The van der Waals surface area contributed by atoms with Gasteiger partial charge in [-0.25, -0.2) is 4.79 Å². The Balaban J connectivity index is 2.03. The van der Waals surface area contributed by atoms with Gasteiger partial charge in [0.05, 0.1) is 17.5 Å². The molecule has 0 unspecified atom stereocenters. The summed E-state index contributed by atoms with van der Waals surface area (Å²) in [7, 11) is 0. The highest BCUT2D eigenvalue weighted by molar-refractivity contribution is 5.88. The third-order valence-corrected chi connectivity index (χ3v) is 2.47. The summed E-state index contributed by atoms with van der Waals surface area (Å²) in [6.45, 7) is 0. The number of aromatic hydroxyl groups is 1. The monoisotopic (exact) mass is 256 g/mol. The van der Waals surface area contributed by atoms with Crippen molar-refractivity contribution in [3.05, 3.63) is 59.7 Å². The number of para-hydroxylation sites is 1. The Hall–Kier alpha value is -2.82. The lowest BCUT2D eigenvalue weighted by molar-refractivity contribution is 0.0697. The van der Waals surface area contributed by atoms with Gasteiger partial charge in [-0.05, 0) is 36.4 Å². The summed E-state index contributed by atoms with van der Waals surface area (Å²) in [6.07, 6.45) is 1.49. The second-order valence-electron chi connectivity index (χ2n) is 3.81. The number of hydrazone groups is 1.